The van der Waals surface area contributed by atoms with Gasteiger partial charge in [0.05, 0.1) is 12.7 Å². The van der Waals surface area contributed by atoms with Crippen LogP contribution in [0, 0.1) is 17.6 Å². The third-order valence-corrected chi connectivity index (χ3v) is 7.07. The van der Waals surface area contributed by atoms with Gasteiger partial charge in [0, 0.05) is 35.5 Å². The topological polar surface area (TPSA) is 75.4 Å². The fourth-order valence-corrected chi connectivity index (χ4v) is 5.31. The number of carboxylic acids is 1. The zero-order valence-electron chi connectivity index (χ0n) is 20.5. The van der Waals surface area contributed by atoms with E-state index < -0.39 is 17.6 Å². The van der Waals surface area contributed by atoms with E-state index in [-0.39, 0.29) is 18.4 Å². The van der Waals surface area contributed by atoms with Gasteiger partial charge in [0.25, 0.3) is 0 Å². The molecule has 0 spiro atoms. The van der Waals surface area contributed by atoms with E-state index in [1.165, 1.54) is 27.8 Å². The van der Waals surface area contributed by atoms with Crippen molar-refractivity contribution in [1.29, 1.82) is 0 Å². The van der Waals surface area contributed by atoms with Gasteiger partial charge in [-0.1, -0.05) is 37.5 Å². The number of aliphatic carboxylic acids is 1. The van der Waals surface area contributed by atoms with Crippen molar-refractivity contribution >= 4 is 45.3 Å². The summed E-state index contributed by atoms with van der Waals surface area (Å²) in [5, 5.41) is 14.9. The molecule has 3 aromatic carbocycles. The molecule has 0 atom stereocenters. The molecule has 0 radical (unpaired) electrons. The number of aryl methyl sites for hydroxylation is 1. The van der Waals surface area contributed by atoms with Crippen LogP contribution in [0.1, 0.15) is 43.2 Å². The number of aromatic nitrogens is 2. The van der Waals surface area contributed by atoms with Crippen molar-refractivity contribution in [2.45, 2.75) is 38.6 Å². The van der Waals surface area contributed by atoms with Crippen LogP contribution in [0.3, 0.4) is 0 Å². The van der Waals surface area contributed by atoms with Gasteiger partial charge < -0.3 is 10.0 Å². The van der Waals surface area contributed by atoms with Crippen LogP contribution in [0.25, 0.3) is 27.8 Å². The first-order valence-corrected chi connectivity index (χ1v) is 12.4. The van der Waals surface area contributed by atoms with E-state index in [4.69, 9.17) is 5.11 Å². The molecule has 0 aliphatic heterocycles. The molecule has 0 saturated heterocycles. The van der Waals surface area contributed by atoms with Gasteiger partial charge in [0.1, 0.15) is 11.3 Å². The largest absolute Gasteiger partial charge is 0.478 e. The predicted octanol–water partition coefficient (Wildman–Crippen LogP) is 6.22. The van der Waals surface area contributed by atoms with E-state index in [0.29, 0.717) is 38.5 Å². The van der Waals surface area contributed by atoms with E-state index in [1.807, 2.05) is 18.2 Å². The van der Waals surface area contributed by atoms with Crippen molar-refractivity contribution in [3.05, 3.63) is 77.5 Å². The fourth-order valence-electron chi connectivity index (χ4n) is 5.31. The number of hydrogen-bond donors (Lipinski definition) is 1. The molecule has 1 aromatic heterocycles. The maximum absolute atomic E-state index is 15.8. The fraction of sp³-hybridized carbons (Fsp3) is 0.276. The monoisotopic (exact) mass is 503 g/mol. The van der Waals surface area contributed by atoms with Crippen molar-refractivity contribution in [2.24, 2.45) is 13.0 Å². The molecular formula is C29H27F2N3O3. The van der Waals surface area contributed by atoms with Crippen LogP contribution in [0.15, 0.2) is 54.7 Å². The summed E-state index contributed by atoms with van der Waals surface area (Å²) in [4.78, 5) is 26.3. The van der Waals surface area contributed by atoms with Gasteiger partial charge >= 0.3 is 5.97 Å². The molecular weight excluding hydrogens is 476 g/mol. The van der Waals surface area contributed by atoms with Crippen LogP contribution in [-0.2, 0) is 23.2 Å². The van der Waals surface area contributed by atoms with Gasteiger partial charge in [-0.15, -0.1) is 0 Å². The number of nitrogens with zero attached hydrogens (tertiary/aromatic N) is 3. The Morgan fingerprint density at radius 1 is 1.11 bits per heavy atom. The highest BCUT2D eigenvalue weighted by Gasteiger charge is 2.28. The van der Waals surface area contributed by atoms with E-state index in [2.05, 4.69) is 5.10 Å². The minimum atomic E-state index is -1.16. The molecule has 1 N–H and O–H groups in total. The van der Waals surface area contributed by atoms with E-state index in [9.17, 15) is 14.0 Å². The summed E-state index contributed by atoms with van der Waals surface area (Å²) >= 11 is 0. The second-order valence-corrected chi connectivity index (χ2v) is 9.59. The molecule has 190 valence electrons. The average Bonchev–Trinajstić information content (AvgIpc) is 3.26. The molecule has 1 heterocycles. The standard InChI is InChI=1S/C29H27F2N3O3/c1-33-28-22(16-32-33)14-20-8-5-9-21(26(20)27(28)31)17-34(29(37)19-6-3-2-4-7-19)24-13-18(10-11-25(35)36)12-23(30)15-24/h5,8-16,19H,2-4,6-7,17H2,1H3,(H,35,36)/b11-10+. The third-order valence-electron chi connectivity index (χ3n) is 7.07. The van der Waals surface area contributed by atoms with E-state index >= 15 is 4.39 Å². The van der Waals surface area contributed by atoms with Crippen molar-refractivity contribution < 1.29 is 23.5 Å². The van der Waals surface area contributed by atoms with Crippen LogP contribution in [0.4, 0.5) is 14.5 Å². The predicted molar refractivity (Wildman–Crippen MR) is 139 cm³/mol. The molecule has 5 rings (SSSR count). The van der Waals surface area contributed by atoms with Gasteiger partial charge in [-0.05, 0) is 59.7 Å². The Morgan fingerprint density at radius 3 is 2.65 bits per heavy atom. The Bertz CT molecular complexity index is 1540. The number of carbonyl (C=O) groups is 2. The average molecular weight is 504 g/mol. The zero-order chi connectivity index (χ0) is 26.1. The normalized spacial score (nSPS) is 14.6. The summed E-state index contributed by atoms with van der Waals surface area (Å²) in [6.45, 7) is 0.0402. The zero-order valence-corrected chi connectivity index (χ0v) is 20.5. The number of amides is 1. The van der Waals surface area contributed by atoms with E-state index in [1.54, 1.807) is 25.4 Å². The smallest absolute Gasteiger partial charge is 0.328 e. The first-order chi connectivity index (χ1) is 17.8. The van der Waals surface area contributed by atoms with Crippen LogP contribution in [-0.4, -0.2) is 26.8 Å². The Morgan fingerprint density at radius 2 is 1.89 bits per heavy atom. The van der Waals surface area contributed by atoms with Gasteiger partial charge in [-0.2, -0.15) is 5.10 Å². The minimum absolute atomic E-state index is 0.0402. The highest BCUT2D eigenvalue weighted by Crippen LogP contribution is 2.33. The summed E-state index contributed by atoms with van der Waals surface area (Å²) in [6, 6.07) is 11.3. The highest BCUT2D eigenvalue weighted by atomic mass is 19.1. The van der Waals surface area contributed by atoms with Gasteiger partial charge in [-0.3, -0.25) is 9.48 Å². The molecule has 1 aliphatic carbocycles. The minimum Gasteiger partial charge on any atom is -0.478 e. The molecule has 1 saturated carbocycles. The lowest BCUT2D eigenvalue weighted by molar-refractivity contribution is -0.131. The molecule has 6 nitrogen and oxygen atoms in total. The lowest BCUT2D eigenvalue weighted by Crippen LogP contribution is -2.37. The highest BCUT2D eigenvalue weighted by molar-refractivity contribution is 6.00. The Labute approximate surface area is 212 Å². The molecule has 1 fully saturated rings. The second kappa shape index (κ2) is 10.1. The lowest BCUT2D eigenvalue weighted by Gasteiger charge is -2.30. The van der Waals surface area contributed by atoms with Crippen molar-refractivity contribution in [3.8, 4) is 0 Å². The molecule has 4 aromatic rings. The maximum atomic E-state index is 15.8. The molecule has 0 bridgehead atoms. The van der Waals surface area contributed by atoms with Crippen LogP contribution < -0.4 is 4.90 Å². The summed E-state index contributed by atoms with van der Waals surface area (Å²) < 4.78 is 32.0. The number of halogens is 2. The lowest BCUT2D eigenvalue weighted by atomic mass is 9.88. The number of benzene rings is 3. The summed E-state index contributed by atoms with van der Waals surface area (Å²) in [5.41, 5.74) is 1.59. The number of fused-ring (bicyclic) bond motifs is 2. The second-order valence-electron chi connectivity index (χ2n) is 9.59. The number of rotatable bonds is 6. The number of hydrogen-bond acceptors (Lipinski definition) is 3. The summed E-state index contributed by atoms with van der Waals surface area (Å²) in [7, 11) is 1.68. The molecule has 0 unspecified atom stereocenters. The Balaban J connectivity index is 1.63. The third kappa shape index (κ3) is 4.96. The molecule has 37 heavy (non-hydrogen) atoms. The van der Waals surface area contributed by atoms with Crippen molar-refractivity contribution in [3.63, 3.8) is 0 Å². The van der Waals surface area contributed by atoms with Crippen molar-refractivity contribution in [2.75, 3.05) is 4.90 Å². The summed E-state index contributed by atoms with van der Waals surface area (Å²) in [5.74, 6) is -2.52. The van der Waals surface area contributed by atoms with Crippen LogP contribution in [0.5, 0.6) is 0 Å². The van der Waals surface area contributed by atoms with Gasteiger partial charge in [0.2, 0.25) is 5.91 Å². The van der Waals surface area contributed by atoms with Crippen molar-refractivity contribution in [1.82, 2.24) is 9.78 Å². The summed E-state index contributed by atoms with van der Waals surface area (Å²) in [6.07, 6.45) is 8.28. The number of carbonyl (C=O) groups excluding carboxylic acids is 1. The number of carboxylic acid groups (broad SMARTS) is 1. The van der Waals surface area contributed by atoms with Gasteiger partial charge in [-0.25, -0.2) is 13.6 Å². The molecule has 1 amide bonds. The van der Waals surface area contributed by atoms with E-state index in [0.717, 1.165) is 38.2 Å². The van der Waals surface area contributed by atoms with Crippen LogP contribution >= 0.6 is 0 Å². The Kier molecular flexibility index (Phi) is 6.74. The molecule has 8 heteroatoms. The SMILES string of the molecule is Cn1ncc2cc3cccc(CN(C(=O)C4CCCCC4)c4cc(F)cc(/C=C/C(=O)O)c4)c3c(F)c21. The van der Waals surface area contributed by atoms with Crippen LogP contribution in [0.2, 0.25) is 0 Å². The number of anilines is 1. The Hall–Kier alpha value is -4.07. The molecule has 1 aliphatic rings. The first kappa shape index (κ1) is 24.6. The quantitative estimate of drug-likeness (QED) is 0.317. The maximum Gasteiger partial charge on any atom is 0.328 e. The van der Waals surface area contributed by atoms with Gasteiger partial charge in [0.15, 0.2) is 5.82 Å². The first-order valence-electron chi connectivity index (χ1n) is 12.4.